The maximum absolute atomic E-state index is 11.2. The normalized spacial score (nSPS) is 18.0. The zero-order chi connectivity index (χ0) is 22.6. The minimum Gasteiger partial charge on any atom is -0.486 e. The number of halogens is 1. The molecule has 1 saturated carbocycles. The number of rotatable bonds is 7. The van der Waals surface area contributed by atoms with Crippen molar-refractivity contribution in [3.63, 3.8) is 0 Å². The predicted molar refractivity (Wildman–Crippen MR) is 120 cm³/mol. The number of nitrogens with zero attached hydrogens (tertiary/aromatic N) is 3. The maximum Gasteiger partial charge on any atom is 0.439 e. The molecule has 0 radical (unpaired) electrons. The Hall–Kier alpha value is -2.62. The first-order chi connectivity index (χ1) is 16.2. The summed E-state index contributed by atoms with van der Waals surface area (Å²) >= 11 is 6.38. The van der Waals surface area contributed by atoms with Crippen LogP contribution in [0, 0.1) is 0 Å². The first kappa shape index (κ1) is 22.2. The molecule has 2 fully saturated rings. The molecule has 3 aromatic rings. The highest BCUT2D eigenvalue weighted by atomic mass is 35.5. The molecule has 176 valence electrons. The van der Waals surface area contributed by atoms with E-state index in [1.165, 1.54) is 19.3 Å². The SMILES string of the molecule is O=c1[nH]c(-c2ccc(OCc3oc(C4CCCCC4)nc3CN3CCOCC3)cc2Cl)no1. The number of H-pyrrole nitrogens is 1. The van der Waals surface area contributed by atoms with Crippen LogP contribution in [0.1, 0.15) is 55.4 Å². The van der Waals surface area contributed by atoms with E-state index in [9.17, 15) is 4.79 Å². The second kappa shape index (κ2) is 10.1. The Balaban J connectivity index is 1.32. The molecular formula is C23H27ClN4O5. The van der Waals surface area contributed by atoms with E-state index in [1.54, 1.807) is 18.2 Å². The lowest BCUT2D eigenvalue weighted by Crippen LogP contribution is -2.36. The van der Waals surface area contributed by atoms with Gasteiger partial charge in [-0.1, -0.05) is 36.0 Å². The van der Waals surface area contributed by atoms with Gasteiger partial charge in [0, 0.05) is 31.1 Å². The summed E-state index contributed by atoms with van der Waals surface area (Å²) < 4.78 is 22.3. The van der Waals surface area contributed by atoms with E-state index in [2.05, 4.69) is 19.6 Å². The number of ether oxygens (including phenoxy) is 2. The van der Waals surface area contributed by atoms with Crippen molar-refractivity contribution in [3.8, 4) is 17.1 Å². The van der Waals surface area contributed by atoms with Crippen molar-refractivity contribution in [2.45, 2.75) is 51.2 Å². The van der Waals surface area contributed by atoms with Crippen molar-refractivity contribution in [2.75, 3.05) is 26.3 Å². The Bertz CT molecular complexity index is 1130. The number of aromatic nitrogens is 3. The van der Waals surface area contributed by atoms with Gasteiger partial charge in [-0.2, -0.15) is 0 Å². The lowest BCUT2D eigenvalue weighted by Gasteiger charge is -2.25. The fourth-order valence-electron chi connectivity index (χ4n) is 4.41. The fourth-order valence-corrected chi connectivity index (χ4v) is 4.67. The van der Waals surface area contributed by atoms with Gasteiger partial charge in [-0.3, -0.25) is 14.4 Å². The Morgan fingerprint density at radius 3 is 2.73 bits per heavy atom. The van der Waals surface area contributed by atoms with Gasteiger partial charge in [-0.05, 0) is 31.0 Å². The monoisotopic (exact) mass is 474 g/mol. The first-order valence-electron chi connectivity index (χ1n) is 11.4. The molecule has 5 rings (SSSR count). The summed E-state index contributed by atoms with van der Waals surface area (Å²) in [6.45, 7) is 4.22. The average Bonchev–Trinajstić information content (AvgIpc) is 3.45. The average molecular weight is 475 g/mol. The smallest absolute Gasteiger partial charge is 0.439 e. The number of morpholine rings is 1. The van der Waals surface area contributed by atoms with Crippen molar-refractivity contribution in [1.82, 2.24) is 20.0 Å². The van der Waals surface area contributed by atoms with Crippen molar-refractivity contribution in [1.29, 1.82) is 0 Å². The second-order valence-electron chi connectivity index (χ2n) is 8.52. The van der Waals surface area contributed by atoms with Crippen LogP contribution in [0.4, 0.5) is 0 Å². The molecule has 33 heavy (non-hydrogen) atoms. The third kappa shape index (κ3) is 5.31. The molecule has 0 spiro atoms. The van der Waals surface area contributed by atoms with Crippen LogP contribution in [0.3, 0.4) is 0 Å². The van der Waals surface area contributed by atoms with Gasteiger partial charge in [-0.15, -0.1) is 0 Å². The molecule has 1 saturated heterocycles. The second-order valence-corrected chi connectivity index (χ2v) is 8.93. The van der Waals surface area contributed by atoms with Gasteiger partial charge in [0.2, 0.25) is 0 Å². The van der Waals surface area contributed by atoms with Crippen LogP contribution in [0.2, 0.25) is 5.02 Å². The summed E-state index contributed by atoms with van der Waals surface area (Å²) in [6, 6.07) is 5.19. The van der Waals surface area contributed by atoms with Crippen LogP contribution >= 0.6 is 11.6 Å². The third-order valence-corrected chi connectivity index (χ3v) is 6.54. The minimum absolute atomic E-state index is 0.260. The fraction of sp³-hybridized carbons (Fsp3) is 0.522. The molecule has 1 aliphatic heterocycles. The Morgan fingerprint density at radius 1 is 1.18 bits per heavy atom. The van der Waals surface area contributed by atoms with Gasteiger partial charge in [-0.25, -0.2) is 9.78 Å². The van der Waals surface area contributed by atoms with E-state index in [1.807, 2.05) is 0 Å². The lowest BCUT2D eigenvalue weighted by atomic mass is 9.89. The van der Waals surface area contributed by atoms with E-state index in [0.29, 0.717) is 22.3 Å². The molecule has 2 aliphatic rings. The molecule has 0 atom stereocenters. The van der Waals surface area contributed by atoms with Crippen LogP contribution in [0.25, 0.3) is 11.4 Å². The molecule has 0 amide bonds. The number of hydrogen-bond acceptors (Lipinski definition) is 8. The zero-order valence-corrected chi connectivity index (χ0v) is 19.1. The number of nitrogens with one attached hydrogen (secondary N) is 1. The number of hydrogen-bond donors (Lipinski definition) is 1. The van der Waals surface area contributed by atoms with E-state index in [0.717, 1.165) is 63.0 Å². The summed E-state index contributed by atoms with van der Waals surface area (Å²) in [7, 11) is 0. The third-order valence-electron chi connectivity index (χ3n) is 6.23. The predicted octanol–water partition coefficient (Wildman–Crippen LogP) is 4.13. The summed E-state index contributed by atoms with van der Waals surface area (Å²) in [4.78, 5) is 20.9. The summed E-state index contributed by atoms with van der Waals surface area (Å²) in [5.41, 5.74) is 1.49. The van der Waals surface area contributed by atoms with Gasteiger partial charge in [0.1, 0.15) is 18.1 Å². The van der Waals surface area contributed by atoms with Gasteiger partial charge in [0.05, 0.1) is 18.2 Å². The van der Waals surface area contributed by atoms with Crippen LogP contribution < -0.4 is 10.5 Å². The van der Waals surface area contributed by atoms with Crippen molar-refractivity contribution >= 4 is 11.6 Å². The first-order valence-corrected chi connectivity index (χ1v) is 11.8. The van der Waals surface area contributed by atoms with Gasteiger partial charge in [0.15, 0.2) is 17.5 Å². The zero-order valence-electron chi connectivity index (χ0n) is 18.3. The minimum atomic E-state index is -0.631. The van der Waals surface area contributed by atoms with E-state index < -0.39 is 5.76 Å². The molecule has 2 aromatic heterocycles. The van der Waals surface area contributed by atoms with Gasteiger partial charge >= 0.3 is 5.76 Å². The standard InChI is InChI=1S/C23H27ClN4O5/c24-18-12-16(6-7-17(18)21-26-23(29)33-27-21)31-14-20-19(13-28-8-10-30-11-9-28)25-22(32-20)15-4-2-1-3-5-15/h6-7,12,15H,1-5,8-11,13-14H2,(H,26,27,29). The molecule has 3 heterocycles. The summed E-state index contributed by atoms with van der Waals surface area (Å²) in [5, 5.41) is 4.07. The number of aromatic amines is 1. The molecule has 9 nitrogen and oxygen atoms in total. The largest absolute Gasteiger partial charge is 0.486 e. The Kier molecular flexibility index (Phi) is 6.80. The molecule has 10 heteroatoms. The Morgan fingerprint density at radius 2 is 2.00 bits per heavy atom. The molecule has 1 aliphatic carbocycles. The lowest BCUT2D eigenvalue weighted by molar-refractivity contribution is 0.0333. The van der Waals surface area contributed by atoms with Crippen LogP contribution in [-0.4, -0.2) is 46.3 Å². The number of benzene rings is 1. The summed E-state index contributed by atoms with van der Waals surface area (Å²) in [6.07, 6.45) is 5.98. The highest BCUT2D eigenvalue weighted by Gasteiger charge is 2.25. The van der Waals surface area contributed by atoms with Crippen LogP contribution in [0.15, 0.2) is 31.9 Å². The van der Waals surface area contributed by atoms with Crippen molar-refractivity contribution in [3.05, 3.63) is 51.1 Å². The van der Waals surface area contributed by atoms with E-state index in [4.69, 9.17) is 30.5 Å². The van der Waals surface area contributed by atoms with E-state index in [-0.39, 0.29) is 12.4 Å². The Labute approximate surface area is 196 Å². The van der Waals surface area contributed by atoms with Crippen LogP contribution in [-0.2, 0) is 17.9 Å². The van der Waals surface area contributed by atoms with Gasteiger partial charge in [0.25, 0.3) is 0 Å². The van der Waals surface area contributed by atoms with E-state index >= 15 is 0 Å². The molecular weight excluding hydrogens is 448 g/mol. The number of oxazole rings is 1. The van der Waals surface area contributed by atoms with Crippen molar-refractivity contribution in [2.24, 2.45) is 0 Å². The van der Waals surface area contributed by atoms with Crippen molar-refractivity contribution < 1.29 is 18.4 Å². The highest BCUT2D eigenvalue weighted by Crippen LogP contribution is 2.34. The maximum atomic E-state index is 11.2. The summed E-state index contributed by atoms with van der Waals surface area (Å²) in [5.74, 6) is 2.20. The molecule has 1 N–H and O–H groups in total. The van der Waals surface area contributed by atoms with Gasteiger partial charge < -0.3 is 13.9 Å². The topological polar surface area (TPSA) is 107 Å². The quantitative estimate of drug-likeness (QED) is 0.544. The molecule has 1 aromatic carbocycles. The molecule has 0 bridgehead atoms. The van der Waals surface area contributed by atoms with Crippen LogP contribution in [0.5, 0.6) is 5.75 Å². The molecule has 0 unspecified atom stereocenters. The highest BCUT2D eigenvalue weighted by molar-refractivity contribution is 6.33.